The SMILES string of the molecule is Oc1ccc(Cc2nnc3n2N=C(c2c[nH]c4ncccc24)CS3)cc1. The molecule has 4 aromatic rings. The highest BCUT2D eigenvalue weighted by atomic mass is 32.2. The molecule has 1 aliphatic rings. The molecule has 2 N–H and O–H groups in total. The smallest absolute Gasteiger partial charge is 0.212 e. The van der Waals surface area contributed by atoms with E-state index in [1.807, 2.05) is 35.1 Å². The number of phenolic OH excluding ortho intramolecular Hbond substituents is 1. The number of benzene rings is 1. The summed E-state index contributed by atoms with van der Waals surface area (Å²) < 4.78 is 1.81. The van der Waals surface area contributed by atoms with Gasteiger partial charge in [0.05, 0.1) is 5.71 Å². The van der Waals surface area contributed by atoms with E-state index in [1.54, 1.807) is 30.1 Å². The molecule has 0 aliphatic carbocycles. The lowest BCUT2D eigenvalue weighted by Gasteiger charge is -2.13. The molecule has 0 spiro atoms. The molecule has 1 aromatic carbocycles. The molecule has 0 saturated heterocycles. The fraction of sp³-hybridized carbons (Fsp3) is 0.111. The Hall–Kier alpha value is -3.13. The topological polar surface area (TPSA) is 92.0 Å². The second kappa shape index (κ2) is 5.99. The number of pyridine rings is 1. The summed E-state index contributed by atoms with van der Waals surface area (Å²) in [5.41, 5.74) is 3.92. The first-order chi connectivity index (χ1) is 12.8. The zero-order chi connectivity index (χ0) is 17.5. The maximum atomic E-state index is 9.44. The van der Waals surface area contributed by atoms with Crippen molar-refractivity contribution in [3.63, 3.8) is 0 Å². The van der Waals surface area contributed by atoms with Gasteiger partial charge in [-0.3, -0.25) is 0 Å². The molecule has 26 heavy (non-hydrogen) atoms. The first-order valence-electron chi connectivity index (χ1n) is 8.13. The summed E-state index contributed by atoms with van der Waals surface area (Å²) in [6, 6.07) is 11.1. The number of rotatable bonds is 3. The van der Waals surface area contributed by atoms with Crippen molar-refractivity contribution in [2.45, 2.75) is 11.6 Å². The molecule has 4 heterocycles. The second-order valence-electron chi connectivity index (χ2n) is 5.99. The number of phenols is 1. The molecule has 0 fully saturated rings. The Morgan fingerprint density at radius 2 is 2.04 bits per heavy atom. The highest BCUT2D eigenvalue weighted by Gasteiger charge is 2.21. The molecule has 1 aliphatic heterocycles. The Bertz CT molecular complexity index is 1130. The van der Waals surface area contributed by atoms with Crippen molar-refractivity contribution in [1.29, 1.82) is 0 Å². The molecule has 0 saturated carbocycles. The van der Waals surface area contributed by atoms with Crippen molar-refractivity contribution in [2.75, 3.05) is 5.75 Å². The predicted molar refractivity (Wildman–Crippen MR) is 99.7 cm³/mol. The van der Waals surface area contributed by atoms with Crippen LogP contribution in [0, 0.1) is 0 Å². The van der Waals surface area contributed by atoms with E-state index >= 15 is 0 Å². The van der Waals surface area contributed by atoms with Gasteiger partial charge >= 0.3 is 0 Å². The van der Waals surface area contributed by atoms with E-state index in [0.29, 0.717) is 6.42 Å². The molecule has 7 nitrogen and oxygen atoms in total. The van der Waals surface area contributed by atoms with E-state index in [1.165, 1.54) is 0 Å². The number of hydrogen-bond acceptors (Lipinski definition) is 6. The number of nitrogens with zero attached hydrogens (tertiary/aromatic N) is 5. The Kier molecular flexibility index (Phi) is 3.49. The van der Waals surface area contributed by atoms with Gasteiger partial charge in [0.2, 0.25) is 5.16 Å². The number of aromatic amines is 1. The Balaban J connectivity index is 1.53. The van der Waals surface area contributed by atoms with E-state index in [-0.39, 0.29) is 5.75 Å². The molecule has 0 radical (unpaired) electrons. The molecule has 5 rings (SSSR count). The summed E-state index contributed by atoms with van der Waals surface area (Å²) in [4.78, 5) is 7.54. The molecular formula is C18H14N6OS. The third-order valence-corrected chi connectivity index (χ3v) is 5.23. The van der Waals surface area contributed by atoms with Crippen LogP contribution in [0.2, 0.25) is 0 Å². The molecule has 0 amide bonds. The molecule has 128 valence electrons. The highest BCUT2D eigenvalue weighted by Crippen LogP contribution is 2.27. The number of fused-ring (bicyclic) bond motifs is 2. The van der Waals surface area contributed by atoms with Gasteiger partial charge in [0.1, 0.15) is 11.4 Å². The van der Waals surface area contributed by atoms with Gasteiger partial charge in [0, 0.05) is 35.5 Å². The number of aromatic nitrogens is 5. The van der Waals surface area contributed by atoms with Crippen LogP contribution >= 0.6 is 11.8 Å². The third-order valence-electron chi connectivity index (χ3n) is 4.30. The van der Waals surface area contributed by atoms with Crippen molar-refractivity contribution in [1.82, 2.24) is 24.8 Å². The summed E-state index contributed by atoms with van der Waals surface area (Å²) in [7, 11) is 0. The lowest BCUT2D eigenvalue weighted by atomic mass is 10.1. The third kappa shape index (κ3) is 2.55. The van der Waals surface area contributed by atoms with Crippen LogP contribution in [0.25, 0.3) is 11.0 Å². The summed E-state index contributed by atoms with van der Waals surface area (Å²) in [5, 5.41) is 24.6. The largest absolute Gasteiger partial charge is 0.508 e. The first kappa shape index (κ1) is 15.2. The van der Waals surface area contributed by atoms with Gasteiger partial charge in [-0.25, -0.2) is 4.98 Å². The summed E-state index contributed by atoms with van der Waals surface area (Å²) in [6.45, 7) is 0. The van der Waals surface area contributed by atoms with Crippen LogP contribution in [0.1, 0.15) is 17.0 Å². The van der Waals surface area contributed by atoms with Gasteiger partial charge in [-0.1, -0.05) is 23.9 Å². The molecule has 8 heteroatoms. The Morgan fingerprint density at radius 3 is 2.92 bits per heavy atom. The number of nitrogens with one attached hydrogen (secondary N) is 1. The minimum absolute atomic E-state index is 0.251. The van der Waals surface area contributed by atoms with Crippen molar-refractivity contribution < 1.29 is 5.11 Å². The average molecular weight is 362 g/mol. The van der Waals surface area contributed by atoms with Crippen molar-refractivity contribution in [3.05, 3.63) is 65.7 Å². The lowest BCUT2D eigenvalue weighted by Crippen LogP contribution is -2.14. The monoisotopic (exact) mass is 362 g/mol. The van der Waals surface area contributed by atoms with Crippen LogP contribution < -0.4 is 0 Å². The van der Waals surface area contributed by atoms with Gasteiger partial charge < -0.3 is 10.1 Å². The maximum absolute atomic E-state index is 9.44. The number of thioether (sulfide) groups is 1. The van der Waals surface area contributed by atoms with Crippen LogP contribution in [0.3, 0.4) is 0 Å². The van der Waals surface area contributed by atoms with E-state index < -0.39 is 0 Å². The summed E-state index contributed by atoms with van der Waals surface area (Å²) in [6.07, 6.45) is 4.32. The minimum atomic E-state index is 0.251. The lowest BCUT2D eigenvalue weighted by molar-refractivity contribution is 0.475. The maximum Gasteiger partial charge on any atom is 0.212 e. The van der Waals surface area contributed by atoms with Crippen LogP contribution in [-0.2, 0) is 6.42 Å². The van der Waals surface area contributed by atoms with Gasteiger partial charge in [-0.2, -0.15) is 9.78 Å². The molecule has 3 aromatic heterocycles. The zero-order valence-corrected chi connectivity index (χ0v) is 14.4. The van der Waals surface area contributed by atoms with Gasteiger partial charge in [-0.05, 0) is 29.8 Å². The number of H-pyrrole nitrogens is 1. The average Bonchev–Trinajstić information content (AvgIpc) is 3.27. The fourth-order valence-electron chi connectivity index (χ4n) is 3.00. The van der Waals surface area contributed by atoms with E-state index in [0.717, 1.165) is 44.6 Å². The molecule has 0 unspecified atom stereocenters. The van der Waals surface area contributed by atoms with Crippen LogP contribution in [-0.4, -0.2) is 41.4 Å². The minimum Gasteiger partial charge on any atom is -0.508 e. The fourth-order valence-corrected chi connectivity index (χ4v) is 3.85. The second-order valence-corrected chi connectivity index (χ2v) is 6.93. The van der Waals surface area contributed by atoms with E-state index in [4.69, 9.17) is 5.10 Å². The number of hydrogen-bond donors (Lipinski definition) is 2. The highest BCUT2D eigenvalue weighted by molar-refractivity contribution is 7.99. The number of aromatic hydroxyl groups is 1. The van der Waals surface area contributed by atoms with E-state index in [2.05, 4.69) is 20.2 Å². The first-order valence-corrected chi connectivity index (χ1v) is 9.12. The summed E-state index contributed by atoms with van der Waals surface area (Å²) in [5.74, 6) is 1.76. The predicted octanol–water partition coefficient (Wildman–Crippen LogP) is 2.81. The van der Waals surface area contributed by atoms with Crippen molar-refractivity contribution in [2.24, 2.45) is 5.10 Å². The van der Waals surface area contributed by atoms with E-state index in [9.17, 15) is 5.11 Å². The Morgan fingerprint density at radius 1 is 1.15 bits per heavy atom. The van der Waals surface area contributed by atoms with Crippen molar-refractivity contribution >= 4 is 28.5 Å². The Labute approximate surface area is 152 Å². The standard InChI is InChI=1S/C18H14N6OS/c25-12-5-3-11(4-6-12)8-16-21-22-18-24(16)23-15(10-26-18)14-9-20-17-13(14)2-1-7-19-17/h1-7,9,25H,8,10H2,(H,19,20). The van der Waals surface area contributed by atoms with Crippen LogP contribution in [0.5, 0.6) is 5.75 Å². The van der Waals surface area contributed by atoms with Crippen molar-refractivity contribution in [3.8, 4) is 5.75 Å². The van der Waals surface area contributed by atoms with Gasteiger partial charge in [0.25, 0.3) is 0 Å². The van der Waals surface area contributed by atoms with Crippen LogP contribution in [0.4, 0.5) is 0 Å². The van der Waals surface area contributed by atoms with Crippen LogP contribution in [0.15, 0.2) is 59.0 Å². The molecule has 0 atom stereocenters. The van der Waals surface area contributed by atoms with Gasteiger partial charge in [-0.15, -0.1) is 10.2 Å². The summed E-state index contributed by atoms with van der Waals surface area (Å²) >= 11 is 1.62. The molecule has 0 bridgehead atoms. The van der Waals surface area contributed by atoms with Gasteiger partial charge in [0.15, 0.2) is 5.82 Å². The normalized spacial score (nSPS) is 13.6. The zero-order valence-electron chi connectivity index (χ0n) is 13.6. The molecular weight excluding hydrogens is 348 g/mol. The quantitative estimate of drug-likeness (QED) is 0.585.